The highest BCUT2D eigenvalue weighted by atomic mass is 14.7. The van der Waals surface area contributed by atoms with Crippen molar-refractivity contribution in [1.29, 1.82) is 0 Å². The van der Waals surface area contributed by atoms with Crippen LogP contribution in [0.1, 0.15) is 87.6 Å². The number of benzene rings is 1. The molecule has 2 atom stereocenters. The van der Waals surface area contributed by atoms with Crippen LogP contribution in [0.3, 0.4) is 0 Å². The van der Waals surface area contributed by atoms with Gasteiger partial charge in [-0.15, -0.1) is 0 Å². The van der Waals surface area contributed by atoms with Crippen LogP contribution >= 0.6 is 0 Å². The first-order valence-corrected chi connectivity index (χ1v) is 9.07. The van der Waals surface area contributed by atoms with E-state index < -0.39 is 0 Å². The Hall–Kier alpha value is -1.63. The molecule has 0 bridgehead atoms. The summed E-state index contributed by atoms with van der Waals surface area (Å²) in [6.07, 6.45) is 5.41. The normalized spacial score (nSPS) is 14.0. The van der Waals surface area contributed by atoms with Crippen molar-refractivity contribution in [2.45, 2.75) is 71.6 Å². The lowest BCUT2D eigenvalue weighted by Crippen LogP contribution is -2.06. The smallest absolute Gasteiger partial charge is 0.0463 e. The van der Waals surface area contributed by atoms with Gasteiger partial charge in [-0.05, 0) is 59.8 Å². The Balaban J connectivity index is 2.06. The molecular formula is C22H31N. The molecule has 1 nitrogen and oxygen atoms in total. The van der Waals surface area contributed by atoms with Crippen molar-refractivity contribution < 1.29 is 0 Å². The van der Waals surface area contributed by atoms with Gasteiger partial charge in [0.15, 0.2) is 0 Å². The zero-order chi connectivity index (χ0) is 16.8. The van der Waals surface area contributed by atoms with Gasteiger partial charge in [-0.25, -0.2) is 0 Å². The maximum atomic E-state index is 4.65. The maximum Gasteiger partial charge on any atom is 0.0463 e. The average Bonchev–Trinajstić information content (AvgIpc) is 2.59. The molecule has 1 aromatic carbocycles. The van der Waals surface area contributed by atoms with Gasteiger partial charge in [0.25, 0.3) is 0 Å². The standard InChI is InChI=1S/C22H31N/c1-6-19-10-9-15-23-22(19)18(5)14-13-17(4)21-12-8-7-11-20(21)16(2)3/h7-12,15-18H,6,13-14H2,1-5H3. The van der Waals surface area contributed by atoms with E-state index in [1.165, 1.54) is 35.2 Å². The summed E-state index contributed by atoms with van der Waals surface area (Å²) in [6, 6.07) is 13.2. The Morgan fingerprint density at radius 1 is 0.826 bits per heavy atom. The van der Waals surface area contributed by atoms with Crippen LogP contribution in [0.15, 0.2) is 42.6 Å². The summed E-state index contributed by atoms with van der Waals surface area (Å²) >= 11 is 0. The van der Waals surface area contributed by atoms with Gasteiger partial charge >= 0.3 is 0 Å². The number of pyridine rings is 1. The maximum absolute atomic E-state index is 4.65. The van der Waals surface area contributed by atoms with E-state index >= 15 is 0 Å². The number of nitrogens with zero attached hydrogens (tertiary/aromatic N) is 1. The highest BCUT2D eigenvalue weighted by Gasteiger charge is 2.16. The molecule has 0 aliphatic carbocycles. The molecule has 1 heterocycles. The van der Waals surface area contributed by atoms with E-state index in [9.17, 15) is 0 Å². The Morgan fingerprint density at radius 3 is 2.13 bits per heavy atom. The first-order valence-electron chi connectivity index (χ1n) is 9.07. The fourth-order valence-electron chi connectivity index (χ4n) is 3.47. The van der Waals surface area contributed by atoms with Gasteiger partial charge in [0.1, 0.15) is 0 Å². The van der Waals surface area contributed by atoms with E-state index in [2.05, 4.69) is 76.0 Å². The van der Waals surface area contributed by atoms with Crippen LogP contribution in [0.4, 0.5) is 0 Å². The number of aryl methyl sites for hydroxylation is 1. The number of aromatic nitrogens is 1. The van der Waals surface area contributed by atoms with Crippen molar-refractivity contribution in [1.82, 2.24) is 4.98 Å². The molecular weight excluding hydrogens is 278 g/mol. The molecule has 0 fully saturated rings. The summed E-state index contributed by atoms with van der Waals surface area (Å²) in [7, 11) is 0. The lowest BCUT2D eigenvalue weighted by molar-refractivity contribution is 0.558. The van der Waals surface area contributed by atoms with Crippen LogP contribution < -0.4 is 0 Å². The third-order valence-electron chi connectivity index (χ3n) is 4.96. The van der Waals surface area contributed by atoms with Gasteiger partial charge in [-0.2, -0.15) is 0 Å². The van der Waals surface area contributed by atoms with Gasteiger partial charge in [0, 0.05) is 11.9 Å². The Bertz CT molecular complexity index is 615. The van der Waals surface area contributed by atoms with Crippen LogP contribution in [0.25, 0.3) is 0 Å². The molecule has 0 saturated heterocycles. The van der Waals surface area contributed by atoms with Crippen LogP contribution in [-0.2, 0) is 6.42 Å². The summed E-state index contributed by atoms with van der Waals surface area (Å²) in [4.78, 5) is 4.65. The van der Waals surface area contributed by atoms with Crippen molar-refractivity contribution in [2.24, 2.45) is 0 Å². The van der Waals surface area contributed by atoms with E-state index in [4.69, 9.17) is 0 Å². The average molecular weight is 309 g/mol. The molecule has 1 heteroatoms. The third kappa shape index (κ3) is 4.43. The summed E-state index contributed by atoms with van der Waals surface area (Å²) in [5.41, 5.74) is 5.71. The summed E-state index contributed by atoms with van der Waals surface area (Å²) < 4.78 is 0. The molecule has 0 amide bonds. The summed E-state index contributed by atoms with van der Waals surface area (Å²) in [6.45, 7) is 11.5. The minimum Gasteiger partial charge on any atom is -0.261 e. The fourth-order valence-corrected chi connectivity index (χ4v) is 3.47. The minimum atomic E-state index is 0.528. The van der Waals surface area contributed by atoms with Crippen LogP contribution in [0, 0.1) is 0 Å². The lowest BCUT2D eigenvalue weighted by Gasteiger charge is -2.21. The summed E-state index contributed by atoms with van der Waals surface area (Å²) in [5.74, 6) is 1.72. The highest BCUT2D eigenvalue weighted by Crippen LogP contribution is 2.32. The van der Waals surface area contributed by atoms with E-state index in [0.717, 1.165) is 6.42 Å². The monoisotopic (exact) mass is 309 g/mol. The minimum absolute atomic E-state index is 0.528. The molecule has 0 aliphatic heterocycles. The second kappa shape index (κ2) is 8.29. The van der Waals surface area contributed by atoms with Crippen LogP contribution in [-0.4, -0.2) is 4.98 Å². The quantitative estimate of drug-likeness (QED) is 0.572. The second-order valence-electron chi connectivity index (χ2n) is 7.06. The molecule has 124 valence electrons. The molecule has 2 rings (SSSR count). The number of hydrogen-bond donors (Lipinski definition) is 0. The molecule has 2 unspecified atom stereocenters. The predicted octanol–water partition coefficient (Wildman–Crippen LogP) is 6.45. The first-order chi connectivity index (χ1) is 11.0. The Labute approximate surface area is 142 Å². The van der Waals surface area contributed by atoms with Gasteiger partial charge in [-0.3, -0.25) is 4.98 Å². The van der Waals surface area contributed by atoms with Crippen LogP contribution in [0.5, 0.6) is 0 Å². The second-order valence-corrected chi connectivity index (χ2v) is 7.06. The highest BCUT2D eigenvalue weighted by molar-refractivity contribution is 5.32. The zero-order valence-electron chi connectivity index (χ0n) is 15.3. The van der Waals surface area contributed by atoms with E-state index in [0.29, 0.717) is 17.8 Å². The molecule has 0 aliphatic rings. The molecule has 0 N–H and O–H groups in total. The number of rotatable bonds is 7. The van der Waals surface area contributed by atoms with Crippen LogP contribution in [0.2, 0.25) is 0 Å². The van der Waals surface area contributed by atoms with Crippen molar-refractivity contribution in [3.05, 3.63) is 65.0 Å². The van der Waals surface area contributed by atoms with Gasteiger partial charge < -0.3 is 0 Å². The first kappa shape index (κ1) is 17.7. The molecule has 0 spiro atoms. The third-order valence-corrected chi connectivity index (χ3v) is 4.96. The predicted molar refractivity (Wildman–Crippen MR) is 100 cm³/mol. The topological polar surface area (TPSA) is 12.9 Å². The van der Waals surface area contributed by atoms with Crippen molar-refractivity contribution in [3.63, 3.8) is 0 Å². The zero-order valence-corrected chi connectivity index (χ0v) is 15.3. The molecule has 0 radical (unpaired) electrons. The Kier molecular flexibility index (Phi) is 6.38. The molecule has 23 heavy (non-hydrogen) atoms. The fraction of sp³-hybridized carbons (Fsp3) is 0.500. The van der Waals surface area contributed by atoms with Gasteiger partial charge in [0.2, 0.25) is 0 Å². The van der Waals surface area contributed by atoms with Gasteiger partial charge in [-0.1, -0.05) is 65.0 Å². The SMILES string of the molecule is CCc1cccnc1C(C)CCC(C)c1ccccc1C(C)C. The van der Waals surface area contributed by atoms with Crippen molar-refractivity contribution >= 4 is 0 Å². The van der Waals surface area contributed by atoms with E-state index in [1.54, 1.807) is 0 Å². The Morgan fingerprint density at radius 2 is 1.48 bits per heavy atom. The molecule has 0 saturated carbocycles. The summed E-state index contributed by atoms with van der Waals surface area (Å²) in [5, 5.41) is 0. The van der Waals surface area contributed by atoms with E-state index in [1.807, 2.05) is 6.20 Å². The van der Waals surface area contributed by atoms with Gasteiger partial charge in [0.05, 0.1) is 0 Å². The lowest BCUT2D eigenvalue weighted by atomic mass is 9.85. The van der Waals surface area contributed by atoms with Crippen molar-refractivity contribution in [3.8, 4) is 0 Å². The largest absolute Gasteiger partial charge is 0.261 e. The van der Waals surface area contributed by atoms with Crippen molar-refractivity contribution in [2.75, 3.05) is 0 Å². The van der Waals surface area contributed by atoms with E-state index in [-0.39, 0.29) is 0 Å². The molecule has 2 aromatic rings. The molecule has 1 aromatic heterocycles. The number of hydrogen-bond acceptors (Lipinski definition) is 1.